The van der Waals surface area contributed by atoms with Gasteiger partial charge in [-0.15, -0.1) is 0 Å². The second kappa shape index (κ2) is 11.4. The van der Waals surface area contributed by atoms with Crippen LogP contribution in [-0.2, 0) is 25.5 Å². The van der Waals surface area contributed by atoms with Crippen molar-refractivity contribution in [1.29, 1.82) is 0 Å². The first-order valence-electron chi connectivity index (χ1n) is 12.4. The summed E-state index contributed by atoms with van der Waals surface area (Å²) < 4.78 is 11.4. The predicted molar refractivity (Wildman–Crippen MR) is 134 cm³/mol. The maximum atomic E-state index is 13.6. The third-order valence-electron chi connectivity index (χ3n) is 6.14. The summed E-state index contributed by atoms with van der Waals surface area (Å²) in [4.78, 5) is 38.7. The van der Waals surface area contributed by atoms with Gasteiger partial charge in [0, 0.05) is 6.42 Å². The van der Waals surface area contributed by atoms with Crippen LogP contribution in [0.15, 0.2) is 24.3 Å². The fourth-order valence-corrected chi connectivity index (χ4v) is 4.68. The fraction of sp³-hybridized carbons (Fsp3) is 0.667. The molecule has 1 aromatic rings. The second-order valence-electron chi connectivity index (χ2n) is 11.5. The van der Waals surface area contributed by atoms with Crippen molar-refractivity contribution < 1.29 is 29.0 Å². The van der Waals surface area contributed by atoms with Crippen LogP contribution in [0.3, 0.4) is 0 Å². The number of amides is 1. The molecule has 1 amide bonds. The van der Waals surface area contributed by atoms with E-state index in [0.29, 0.717) is 44.4 Å². The van der Waals surface area contributed by atoms with Crippen molar-refractivity contribution in [2.24, 2.45) is 17.1 Å². The standard InChI is InChI=1S/C27H42N2O6/c1-25(2,3)34-19-12-10-18(11-13-19)17-21(22(30)31)29-24(33)27(15-8-16-28)14-7-9-20(27)23(32)35-26(4,5)6/h10-13,20-21H,7-9,14-17,28H2,1-6H3,(H,29,33)(H,30,31)/t20-,21+,27?/m1/s1. The number of ether oxygens (including phenoxy) is 2. The van der Waals surface area contributed by atoms with Crippen LogP contribution in [0, 0.1) is 11.3 Å². The van der Waals surface area contributed by atoms with E-state index >= 15 is 0 Å². The van der Waals surface area contributed by atoms with E-state index in [1.807, 2.05) is 20.8 Å². The largest absolute Gasteiger partial charge is 0.488 e. The average molecular weight is 491 g/mol. The molecule has 3 atom stereocenters. The normalized spacial score (nSPS) is 21.3. The third-order valence-corrected chi connectivity index (χ3v) is 6.14. The number of hydrogen-bond donors (Lipinski definition) is 3. The van der Waals surface area contributed by atoms with Gasteiger partial charge in [0.25, 0.3) is 0 Å². The Morgan fingerprint density at radius 2 is 1.74 bits per heavy atom. The Morgan fingerprint density at radius 3 is 2.26 bits per heavy atom. The predicted octanol–water partition coefficient (Wildman–Crippen LogP) is 3.84. The number of esters is 1. The van der Waals surface area contributed by atoms with Crippen molar-refractivity contribution in [3.05, 3.63) is 29.8 Å². The molecule has 196 valence electrons. The molecule has 1 saturated carbocycles. The van der Waals surface area contributed by atoms with E-state index in [4.69, 9.17) is 15.2 Å². The molecule has 1 aliphatic carbocycles. The Balaban J connectivity index is 2.22. The van der Waals surface area contributed by atoms with Crippen molar-refractivity contribution in [1.82, 2.24) is 5.32 Å². The van der Waals surface area contributed by atoms with Gasteiger partial charge in [0.2, 0.25) is 5.91 Å². The summed E-state index contributed by atoms with van der Waals surface area (Å²) in [5, 5.41) is 12.6. The van der Waals surface area contributed by atoms with Crippen molar-refractivity contribution in [3.8, 4) is 5.75 Å². The molecule has 8 nitrogen and oxygen atoms in total. The SMILES string of the molecule is CC(C)(C)OC(=O)[C@H]1CCCC1(CCCN)C(=O)N[C@@H](Cc1ccc(OC(C)(C)C)cc1)C(=O)O. The number of rotatable bonds is 10. The van der Waals surface area contributed by atoms with Gasteiger partial charge in [0.1, 0.15) is 23.0 Å². The summed E-state index contributed by atoms with van der Waals surface area (Å²) >= 11 is 0. The average Bonchev–Trinajstić information content (AvgIpc) is 3.16. The summed E-state index contributed by atoms with van der Waals surface area (Å²) in [6.45, 7) is 11.6. The van der Waals surface area contributed by atoms with Gasteiger partial charge in [-0.3, -0.25) is 9.59 Å². The van der Waals surface area contributed by atoms with Crippen molar-refractivity contribution in [2.45, 2.75) is 97.3 Å². The first kappa shape index (κ1) is 28.6. The molecule has 4 N–H and O–H groups in total. The van der Waals surface area contributed by atoms with E-state index < -0.39 is 40.8 Å². The van der Waals surface area contributed by atoms with Gasteiger partial charge in [-0.25, -0.2) is 4.79 Å². The Morgan fingerprint density at radius 1 is 1.11 bits per heavy atom. The van der Waals surface area contributed by atoms with E-state index in [0.717, 1.165) is 5.56 Å². The molecule has 0 radical (unpaired) electrons. The van der Waals surface area contributed by atoms with Crippen LogP contribution < -0.4 is 15.8 Å². The molecule has 1 aromatic carbocycles. The third kappa shape index (κ3) is 8.23. The highest BCUT2D eigenvalue weighted by molar-refractivity contribution is 5.92. The first-order valence-corrected chi connectivity index (χ1v) is 12.4. The van der Waals surface area contributed by atoms with Gasteiger partial charge >= 0.3 is 11.9 Å². The van der Waals surface area contributed by atoms with Crippen LogP contribution in [-0.4, -0.2) is 46.7 Å². The number of carbonyl (C=O) groups excluding carboxylic acids is 2. The van der Waals surface area contributed by atoms with Crippen LogP contribution in [0.4, 0.5) is 0 Å². The van der Waals surface area contributed by atoms with Crippen molar-refractivity contribution in [3.63, 3.8) is 0 Å². The molecule has 1 fully saturated rings. The highest BCUT2D eigenvalue weighted by Crippen LogP contribution is 2.48. The van der Waals surface area contributed by atoms with Gasteiger partial charge in [-0.2, -0.15) is 0 Å². The number of carboxylic acid groups (broad SMARTS) is 1. The second-order valence-corrected chi connectivity index (χ2v) is 11.5. The van der Waals surface area contributed by atoms with Crippen LogP contribution in [0.1, 0.15) is 79.2 Å². The lowest BCUT2D eigenvalue weighted by atomic mass is 9.73. The van der Waals surface area contributed by atoms with E-state index in [1.165, 1.54) is 0 Å². The van der Waals surface area contributed by atoms with Crippen molar-refractivity contribution >= 4 is 17.8 Å². The van der Waals surface area contributed by atoms with Gasteiger partial charge in [0.15, 0.2) is 0 Å². The number of hydrogen-bond acceptors (Lipinski definition) is 6. The van der Waals surface area contributed by atoms with E-state index in [2.05, 4.69) is 5.32 Å². The molecule has 35 heavy (non-hydrogen) atoms. The lowest BCUT2D eigenvalue weighted by Crippen LogP contribution is -2.52. The maximum Gasteiger partial charge on any atom is 0.326 e. The molecule has 0 saturated heterocycles. The summed E-state index contributed by atoms with van der Waals surface area (Å²) in [6, 6.07) is 6.05. The zero-order valence-corrected chi connectivity index (χ0v) is 22.0. The van der Waals surface area contributed by atoms with E-state index in [-0.39, 0.29) is 12.0 Å². The smallest absolute Gasteiger partial charge is 0.326 e. The molecule has 8 heteroatoms. The molecule has 0 bridgehead atoms. The van der Waals surface area contributed by atoms with Crippen LogP contribution in [0.5, 0.6) is 5.75 Å². The van der Waals surface area contributed by atoms with Crippen LogP contribution in [0.2, 0.25) is 0 Å². The molecule has 0 heterocycles. The minimum atomic E-state index is -1.13. The molecular formula is C27H42N2O6. The number of carbonyl (C=O) groups is 3. The minimum Gasteiger partial charge on any atom is -0.488 e. The molecule has 0 aliphatic heterocycles. The lowest BCUT2D eigenvalue weighted by molar-refractivity contribution is -0.167. The number of carboxylic acids is 1. The zero-order valence-electron chi connectivity index (χ0n) is 22.0. The first-order chi connectivity index (χ1) is 16.2. The number of benzene rings is 1. The van der Waals surface area contributed by atoms with Gasteiger partial charge < -0.3 is 25.6 Å². The number of nitrogens with two attached hydrogens (primary N) is 1. The van der Waals surface area contributed by atoms with E-state index in [1.54, 1.807) is 45.0 Å². The van der Waals surface area contributed by atoms with Gasteiger partial charge in [-0.05, 0) is 91.5 Å². The van der Waals surface area contributed by atoms with Crippen LogP contribution >= 0.6 is 0 Å². The maximum absolute atomic E-state index is 13.6. The molecule has 1 aliphatic rings. The molecule has 0 spiro atoms. The van der Waals surface area contributed by atoms with Crippen LogP contribution in [0.25, 0.3) is 0 Å². The van der Waals surface area contributed by atoms with E-state index in [9.17, 15) is 19.5 Å². The fourth-order valence-electron chi connectivity index (χ4n) is 4.68. The minimum absolute atomic E-state index is 0.112. The summed E-state index contributed by atoms with van der Waals surface area (Å²) in [5.74, 6) is -1.90. The Hall–Kier alpha value is -2.61. The summed E-state index contributed by atoms with van der Waals surface area (Å²) in [7, 11) is 0. The lowest BCUT2D eigenvalue weighted by Gasteiger charge is -2.35. The number of aliphatic carboxylic acids is 1. The van der Waals surface area contributed by atoms with Gasteiger partial charge in [0.05, 0.1) is 11.3 Å². The summed E-state index contributed by atoms with van der Waals surface area (Å²) in [6.07, 6.45) is 2.79. The van der Waals surface area contributed by atoms with Gasteiger partial charge in [-0.1, -0.05) is 18.6 Å². The van der Waals surface area contributed by atoms with Crippen molar-refractivity contribution in [2.75, 3.05) is 6.54 Å². The molecule has 2 rings (SSSR count). The Kier molecular flexibility index (Phi) is 9.34. The number of nitrogens with one attached hydrogen (secondary N) is 1. The zero-order chi connectivity index (χ0) is 26.4. The Labute approximate surface area is 208 Å². The Bertz CT molecular complexity index is 884. The topological polar surface area (TPSA) is 128 Å². The highest BCUT2D eigenvalue weighted by atomic mass is 16.6. The molecule has 1 unspecified atom stereocenters. The summed E-state index contributed by atoms with van der Waals surface area (Å²) in [5.41, 5.74) is 4.44. The molecular weight excluding hydrogens is 448 g/mol. The monoisotopic (exact) mass is 490 g/mol. The quantitative estimate of drug-likeness (QED) is 0.425. The highest BCUT2D eigenvalue weighted by Gasteiger charge is 2.53. The molecule has 0 aromatic heterocycles.